The van der Waals surface area contributed by atoms with E-state index < -0.39 is 10.0 Å². The van der Waals surface area contributed by atoms with Gasteiger partial charge in [-0.15, -0.1) is 0 Å². The van der Waals surface area contributed by atoms with Crippen molar-refractivity contribution in [2.75, 3.05) is 38.2 Å². The highest BCUT2D eigenvalue weighted by Crippen LogP contribution is 2.26. The van der Waals surface area contributed by atoms with Crippen molar-refractivity contribution in [3.63, 3.8) is 0 Å². The largest absolute Gasteiger partial charge is 0.340 e. The Morgan fingerprint density at radius 3 is 2.44 bits per heavy atom. The zero-order chi connectivity index (χ0) is 17.9. The molecule has 1 amide bonds. The van der Waals surface area contributed by atoms with Crippen LogP contribution in [0.2, 0.25) is 0 Å². The molecule has 25 heavy (non-hydrogen) atoms. The van der Waals surface area contributed by atoms with Crippen molar-refractivity contribution in [3.8, 4) is 0 Å². The van der Waals surface area contributed by atoms with E-state index in [1.807, 2.05) is 18.4 Å². The number of amides is 1. The summed E-state index contributed by atoms with van der Waals surface area (Å²) in [4.78, 5) is 14.3. The van der Waals surface area contributed by atoms with Crippen molar-refractivity contribution in [1.82, 2.24) is 9.21 Å². The molecule has 2 aliphatic rings. The molecule has 1 aliphatic heterocycles. The lowest BCUT2D eigenvalue weighted by Crippen LogP contribution is -2.50. The summed E-state index contributed by atoms with van der Waals surface area (Å²) in [5, 5.41) is 0. The van der Waals surface area contributed by atoms with Crippen LogP contribution in [0.4, 0.5) is 0 Å². The molecule has 1 heterocycles. The number of thioether (sulfide) groups is 1. The van der Waals surface area contributed by atoms with Gasteiger partial charge in [-0.05, 0) is 55.2 Å². The Morgan fingerprint density at radius 1 is 1.08 bits per heavy atom. The van der Waals surface area contributed by atoms with Crippen LogP contribution in [-0.2, 0) is 27.7 Å². The molecule has 3 rings (SSSR count). The van der Waals surface area contributed by atoms with E-state index in [0.717, 1.165) is 25.0 Å². The number of fused-ring (bicyclic) bond motifs is 1. The van der Waals surface area contributed by atoms with E-state index in [9.17, 15) is 13.2 Å². The topological polar surface area (TPSA) is 57.7 Å². The minimum Gasteiger partial charge on any atom is -0.340 e. The van der Waals surface area contributed by atoms with Gasteiger partial charge >= 0.3 is 0 Å². The number of sulfonamides is 1. The third-order valence-corrected chi connectivity index (χ3v) is 7.58. The summed E-state index contributed by atoms with van der Waals surface area (Å²) in [5.41, 5.74) is 2.47. The fourth-order valence-corrected chi connectivity index (χ4v) is 5.40. The normalized spacial score (nSPS) is 18.8. The second kappa shape index (κ2) is 8.10. The van der Waals surface area contributed by atoms with Crippen LogP contribution in [0.3, 0.4) is 0 Å². The molecule has 0 radical (unpaired) electrons. The number of nitrogens with zero attached hydrogens (tertiary/aromatic N) is 2. The van der Waals surface area contributed by atoms with Gasteiger partial charge in [0.25, 0.3) is 0 Å². The summed E-state index contributed by atoms with van der Waals surface area (Å²) in [6, 6.07) is 5.58. The van der Waals surface area contributed by atoms with Gasteiger partial charge in [-0.3, -0.25) is 4.79 Å². The van der Waals surface area contributed by atoms with Crippen LogP contribution in [-0.4, -0.2) is 61.7 Å². The fourth-order valence-electron chi connectivity index (χ4n) is 3.54. The first-order chi connectivity index (χ1) is 12.0. The minimum atomic E-state index is -3.47. The second-order valence-electron chi connectivity index (χ2n) is 6.67. The lowest BCUT2D eigenvalue weighted by molar-refractivity contribution is -0.131. The van der Waals surface area contributed by atoms with Gasteiger partial charge in [0.2, 0.25) is 15.9 Å². The number of hydrogen-bond donors (Lipinski definition) is 0. The van der Waals surface area contributed by atoms with Gasteiger partial charge in [-0.2, -0.15) is 16.1 Å². The van der Waals surface area contributed by atoms with Gasteiger partial charge in [-0.1, -0.05) is 6.07 Å². The molecule has 5 nitrogen and oxygen atoms in total. The van der Waals surface area contributed by atoms with Crippen molar-refractivity contribution >= 4 is 27.7 Å². The van der Waals surface area contributed by atoms with Crippen molar-refractivity contribution in [1.29, 1.82) is 0 Å². The highest BCUT2D eigenvalue weighted by atomic mass is 32.2. The van der Waals surface area contributed by atoms with E-state index in [1.54, 1.807) is 22.7 Å². The predicted octanol–water partition coefficient (Wildman–Crippen LogP) is 2.15. The Kier molecular flexibility index (Phi) is 6.07. The molecule has 0 unspecified atom stereocenters. The number of aryl methyl sites for hydroxylation is 2. The zero-order valence-electron chi connectivity index (χ0n) is 14.7. The standard InChI is InChI=1S/C18H26N2O3S2/c1-24-13-8-18(21)19-9-11-20(12-10-19)25(22,23)17-7-6-15-4-2-3-5-16(15)14-17/h6-7,14H,2-5,8-13H2,1H3. The van der Waals surface area contributed by atoms with E-state index >= 15 is 0 Å². The quantitative estimate of drug-likeness (QED) is 0.783. The summed E-state index contributed by atoms with van der Waals surface area (Å²) < 4.78 is 27.4. The van der Waals surface area contributed by atoms with E-state index in [0.29, 0.717) is 37.5 Å². The summed E-state index contributed by atoms with van der Waals surface area (Å²) >= 11 is 1.65. The summed E-state index contributed by atoms with van der Waals surface area (Å²) in [6.07, 6.45) is 6.84. The molecule has 1 aromatic carbocycles. The van der Waals surface area contributed by atoms with Crippen molar-refractivity contribution in [3.05, 3.63) is 29.3 Å². The molecule has 138 valence electrons. The number of piperazine rings is 1. The molecule has 0 N–H and O–H groups in total. The van der Waals surface area contributed by atoms with Crippen molar-refractivity contribution in [2.45, 2.75) is 37.0 Å². The van der Waals surface area contributed by atoms with Gasteiger partial charge in [0.1, 0.15) is 0 Å². The average molecular weight is 383 g/mol. The fraction of sp³-hybridized carbons (Fsp3) is 0.611. The predicted molar refractivity (Wildman–Crippen MR) is 101 cm³/mol. The van der Waals surface area contributed by atoms with Crippen LogP contribution in [0.25, 0.3) is 0 Å². The lowest BCUT2D eigenvalue weighted by Gasteiger charge is -2.34. The van der Waals surface area contributed by atoms with E-state index in [1.165, 1.54) is 21.9 Å². The van der Waals surface area contributed by atoms with E-state index in [4.69, 9.17) is 0 Å². The third-order valence-electron chi connectivity index (χ3n) is 5.07. The van der Waals surface area contributed by atoms with E-state index in [-0.39, 0.29) is 5.91 Å². The molecular weight excluding hydrogens is 356 g/mol. The Bertz CT molecular complexity index is 726. The number of benzene rings is 1. The first kappa shape index (κ1) is 18.7. The monoisotopic (exact) mass is 382 g/mol. The molecule has 1 fully saturated rings. The van der Waals surface area contributed by atoms with Crippen molar-refractivity contribution in [2.24, 2.45) is 0 Å². The molecule has 0 aromatic heterocycles. The summed E-state index contributed by atoms with van der Waals surface area (Å²) in [5.74, 6) is 0.937. The van der Waals surface area contributed by atoms with Crippen LogP contribution in [0, 0.1) is 0 Å². The van der Waals surface area contributed by atoms with Gasteiger partial charge in [-0.25, -0.2) is 8.42 Å². The minimum absolute atomic E-state index is 0.125. The lowest BCUT2D eigenvalue weighted by atomic mass is 9.92. The average Bonchev–Trinajstić information content (AvgIpc) is 2.65. The Morgan fingerprint density at radius 2 is 1.76 bits per heavy atom. The van der Waals surface area contributed by atoms with Gasteiger partial charge in [0.15, 0.2) is 0 Å². The highest BCUT2D eigenvalue weighted by Gasteiger charge is 2.30. The van der Waals surface area contributed by atoms with Gasteiger partial charge < -0.3 is 4.90 Å². The Labute approximate surface area is 154 Å². The molecule has 1 saturated heterocycles. The molecular formula is C18H26N2O3S2. The number of rotatable bonds is 5. The zero-order valence-corrected chi connectivity index (χ0v) is 16.4. The van der Waals surface area contributed by atoms with Crippen LogP contribution in [0.15, 0.2) is 23.1 Å². The first-order valence-electron chi connectivity index (χ1n) is 8.91. The van der Waals surface area contributed by atoms with Crippen molar-refractivity contribution < 1.29 is 13.2 Å². The molecule has 1 aliphatic carbocycles. The number of carbonyl (C=O) groups is 1. The Balaban J connectivity index is 1.67. The maximum atomic E-state index is 12.9. The SMILES string of the molecule is CSCCC(=O)N1CCN(S(=O)(=O)c2ccc3c(c2)CCCC3)CC1. The Hall–Kier alpha value is -1.05. The maximum absolute atomic E-state index is 12.9. The van der Waals surface area contributed by atoms with Crippen LogP contribution >= 0.6 is 11.8 Å². The second-order valence-corrected chi connectivity index (χ2v) is 9.59. The van der Waals surface area contributed by atoms with Crippen LogP contribution in [0.1, 0.15) is 30.4 Å². The smallest absolute Gasteiger partial charge is 0.243 e. The molecule has 0 spiro atoms. The number of hydrogen-bond acceptors (Lipinski definition) is 4. The van der Waals surface area contributed by atoms with Gasteiger partial charge in [0, 0.05) is 38.4 Å². The van der Waals surface area contributed by atoms with Gasteiger partial charge in [0.05, 0.1) is 4.90 Å². The summed E-state index contributed by atoms with van der Waals surface area (Å²) in [7, 11) is -3.47. The molecule has 0 bridgehead atoms. The van der Waals surface area contributed by atoms with E-state index in [2.05, 4.69) is 0 Å². The molecule has 0 saturated carbocycles. The summed E-state index contributed by atoms with van der Waals surface area (Å²) in [6.45, 7) is 1.73. The molecule has 0 atom stereocenters. The maximum Gasteiger partial charge on any atom is 0.243 e. The highest BCUT2D eigenvalue weighted by molar-refractivity contribution is 7.98. The number of carbonyl (C=O) groups excluding carboxylic acids is 1. The first-order valence-corrected chi connectivity index (χ1v) is 11.7. The third kappa shape index (κ3) is 4.20. The van der Waals surface area contributed by atoms with Crippen LogP contribution in [0.5, 0.6) is 0 Å². The molecule has 7 heteroatoms. The van der Waals surface area contributed by atoms with Crippen LogP contribution < -0.4 is 0 Å². The molecule has 1 aromatic rings.